The molecular formula is C31H52O3. The maximum atomic E-state index is 10.7. The second-order valence-corrected chi connectivity index (χ2v) is 12.5. The maximum Gasteiger partial charge on any atom is 0.0811 e. The second kappa shape index (κ2) is 11.9. The fourth-order valence-electron chi connectivity index (χ4n) is 7.58. The Morgan fingerprint density at radius 1 is 1.15 bits per heavy atom. The predicted molar refractivity (Wildman–Crippen MR) is 142 cm³/mol. The van der Waals surface area contributed by atoms with Crippen LogP contribution in [-0.4, -0.2) is 33.6 Å². The topological polar surface area (TPSA) is 60.7 Å². The molecule has 3 heteroatoms. The molecule has 0 unspecified atom stereocenters. The number of hydrogen-bond acceptors (Lipinski definition) is 3. The summed E-state index contributed by atoms with van der Waals surface area (Å²) in [6, 6.07) is 0. The maximum absolute atomic E-state index is 10.7. The minimum absolute atomic E-state index is 0.197. The highest BCUT2D eigenvalue weighted by atomic mass is 16.3. The van der Waals surface area contributed by atoms with E-state index >= 15 is 0 Å². The van der Waals surface area contributed by atoms with Gasteiger partial charge in [-0.2, -0.15) is 0 Å². The van der Waals surface area contributed by atoms with Crippen molar-refractivity contribution in [2.75, 3.05) is 0 Å². The SMILES string of the molecule is C=C1/C(=C\C=C2/CCC[C@]3(C)[C@@H]([C@H](C)[C@H](CCCC)C[C@@H](O)C(C)C)CC[C@@H]23)C[C@@H](O)C[C@@H]1O. The van der Waals surface area contributed by atoms with Gasteiger partial charge in [0.2, 0.25) is 0 Å². The summed E-state index contributed by atoms with van der Waals surface area (Å²) < 4.78 is 0. The third-order valence-corrected chi connectivity index (χ3v) is 9.92. The zero-order valence-corrected chi connectivity index (χ0v) is 22.6. The Morgan fingerprint density at radius 2 is 1.88 bits per heavy atom. The van der Waals surface area contributed by atoms with Crippen LogP contribution in [0.5, 0.6) is 0 Å². The minimum Gasteiger partial charge on any atom is -0.393 e. The van der Waals surface area contributed by atoms with Gasteiger partial charge >= 0.3 is 0 Å². The van der Waals surface area contributed by atoms with Crippen LogP contribution in [0.25, 0.3) is 0 Å². The van der Waals surface area contributed by atoms with Gasteiger partial charge in [0.1, 0.15) is 0 Å². The Morgan fingerprint density at radius 3 is 2.56 bits per heavy atom. The van der Waals surface area contributed by atoms with E-state index in [4.69, 9.17) is 0 Å². The highest BCUT2D eigenvalue weighted by molar-refractivity contribution is 5.38. The predicted octanol–water partition coefficient (Wildman–Crippen LogP) is 6.98. The van der Waals surface area contributed by atoms with E-state index in [1.54, 1.807) is 5.57 Å². The highest BCUT2D eigenvalue weighted by Crippen LogP contribution is 2.60. The summed E-state index contributed by atoms with van der Waals surface area (Å²) in [5.74, 6) is 2.90. The first-order chi connectivity index (χ1) is 16.1. The average molecular weight is 473 g/mol. The molecule has 3 nitrogen and oxygen atoms in total. The van der Waals surface area contributed by atoms with Crippen molar-refractivity contribution in [3.63, 3.8) is 0 Å². The number of unbranched alkanes of at least 4 members (excludes halogenated alkanes) is 1. The van der Waals surface area contributed by atoms with E-state index in [0.717, 1.165) is 24.0 Å². The molecule has 0 saturated heterocycles. The fourth-order valence-corrected chi connectivity index (χ4v) is 7.58. The number of rotatable bonds is 9. The van der Waals surface area contributed by atoms with Crippen molar-refractivity contribution in [2.45, 2.75) is 124 Å². The van der Waals surface area contributed by atoms with Crippen LogP contribution in [0, 0.1) is 35.0 Å². The average Bonchev–Trinajstić information content (AvgIpc) is 3.14. The summed E-state index contributed by atoms with van der Waals surface area (Å²) in [5, 5.41) is 31.1. The third kappa shape index (κ3) is 6.08. The molecule has 34 heavy (non-hydrogen) atoms. The quantitative estimate of drug-likeness (QED) is 0.339. The molecule has 0 aromatic heterocycles. The summed E-state index contributed by atoms with van der Waals surface area (Å²) in [4.78, 5) is 0. The van der Waals surface area contributed by atoms with E-state index in [1.807, 2.05) is 0 Å². The number of aliphatic hydroxyl groups excluding tert-OH is 3. The van der Waals surface area contributed by atoms with Crippen LogP contribution in [0.2, 0.25) is 0 Å². The van der Waals surface area contributed by atoms with Crippen LogP contribution in [-0.2, 0) is 0 Å². The van der Waals surface area contributed by atoms with Crippen molar-refractivity contribution in [3.05, 3.63) is 35.5 Å². The normalized spacial score (nSPS) is 37.3. The number of hydrogen-bond donors (Lipinski definition) is 3. The van der Waals surface area contributed by atoms with Gasteiger partial charge in [0.15, 0.2) is 0 Å². The van der Waals surface area contributed by atoms with Gasteiger partial charge in [-0.25, -0.2) is 0 Å². The Hall–Kier alpha value is -0.900. The van der Waals surface area contributed by atoms with Crippen LogP contribution >= 0.6 is 0 Å². The van der Waals surface area contributed by atoms with Crippen LogP contribution in [0.15, 0.2) is 35.5 Å². The molecule has 0 spiro atoms. The van der Waals surface area contributed by atoms with Crippen molar-refractivity contribution in [3.8, 4) is 0 Å². The molecule has 3 rings (SSSR count). The Bertz CT molecular complexity index is 750. The van der Waals surface area contributed by atoms with Gasteiger partial charge in [-0.1, -0.05) is 78.2 Å². The minimum atomic E-state index is -0.622. The molecule has 0 aromatic rings. The first kappa shape index (κ1) is 27.7. The van der Waals surface area contributed by atoms with Gasteiger partial charge in [-0.3, -0.25) is 0 Å². The molecule has 0 heterocycles. The van der Waals surface area contributed by atoms with Crippen molar-refractivity contribution in [1.82, 2.24) is 0 Å². The van der Waals surface area contributed by atoms with E-state index in [1.165, 1.54) is 44.9 Å². The molecule has 0 bridgehead atoms. The lowest BCUT2D eigenvalue weighted by Gasteiger charge is -2.46. The second-order valence-electron chi connectivity index (χ2n) is 12.5. The molecule has 0 aromatic carbocycles. The summed E-state index contributed by atoms with van der Waals surface area (Å²) in [7, 11) is 0. The molecule has 194 valence electrons. The summed E-state index contributed by atoms with van der Waals surface area (Å²) in [5.41, 5.74) is 3.68. The lowest BCUT2D eigenvalue weighted by molar-refractivity contribution is 0.0353. The Labute approximate surface area is 209 Å². The van der Waals surface area contributed by atoms with Crippen LogP contribution < -0.4 is 0 Å². The van der Waals surface area contributed by atoms with Crippen molar-refractivity contribution in [1.29, 1.82) is 0 Å². The number of fused-ring (bicyclic) bond motifs is 1. The molecule has 3 fully saturated rings. The van der Waals surface area contributed by atoms with E-state index in [-0.39, 0.29) is 6.10 Å². The van der Waals surface area contributed by atoms with Crippen LogP contribution in [0.3, 0.4) is 0 Å². The molecule has 8 atom stereocenters. The monoisotopic (exact) mass is 472 g/mol. The molecule has 0 aliphatic heterocycles. The van der Waals surface area contributed by atoms with Crippen molar-refractivity contribution in [2.24, 2.45) is 35.0 Å². The van der Waals surface area contributed by atoms with Gasteiger partial charge < -0.3 is 15.3 Å². The third-order valence-electron chi connectivity index (χ3n) is 9.92. The zero-order chi connectivity index (χ0) is 25.0. The molecular weight excluding hydrogens is 420 g/mol. The van der Waals surface area contributed by atoms with E-state index in [0.29, 0.717) is 47.8 Å². The lowest BCUT2D eigenvalue weighted by Crippen LogP contribution is -2.38. The molecule has 3 saturated carbocycles. The standard InChI is InChI=1S/C31H52O3/c1-7-8-10-24(18-29(33)20(2)3)21(4)27-14-15-28-23(11-9-16-31(27,28)6)12-13-25-17-26(32)19-30(34)22(25)5/h12-13,20-21,24,26-30,32-34H,5,7-11,14-19H2,1-4,6H3/b23-12+,25-13-/t21-,24-,26-,27-,28+,29-,30+,31-/m1/s1. The highest BCUT2D eigenvalue weighted by Gasteiger charge is 2.51. The van der Waals surface area contributed by atoms with Crippen LogP contribution in [0.1, 0.15) is 105 Å². The molecule has 3 aliphatic carbocycles. The molecule has 0 amide bonds. The van der Waals surface area contributed by atoms with E-state index in [2.05, 4.69) is 53.3 Å². The van der Waals surface area contributed by atoms with E-state index < -0.39 is 12.2 Å². The summed E-state index contributed by atoms with van der Waals surface area (Å²) in [6.07, 6.45) is 15.1. The van der Waals surface area contributed by atoms with Crippen LogP contribution in [0.4, 0.5) is 0 Å². The van der Waals surface area contributed by atoms with Gasteiger partial charge in [0, 0.05) is 6.42 Å². The lowest BCUT2D eigenvalue weighted by atomic mass is 9.59. The Balaban J connectivity index is 1.79. The van der Waals surface area contributed by atoms with Gasteiger partial charge in [-0.05, 0) is 91.1 Å². The first-order valence-corrected chi connectivity index (χ1v) is 14.2. The van der Waals surface area contributed by atoms with Gasteiger partial charge in [-0.15, -0.1) is 0 Å². The van der Waals surface area contributed by atoms with Crippen molar-refractivity contribution < 1.29 is 15.3 Å². The van der Waals surface area contributed by atoms with Gasteiger partial charge in [0.25, 0.3) is 0 Å². The fraction of sp³-hybridized carbons (Fsp3) is 0.806. The van der Waals surface area contributed by atoms with Crippen molar-refractivity contribution >= 4 is 0 Å². The molecule has 3 aliphatic rings. The molecule has 0 radical (unpaired) electrons. The zero-order valence-electron chi connectivity index (χ0n) is 22.6. The molecule has 3 N–H and O–H groups in total. The van der Waals surface area contributed by atoms with E-state index in [9.17, 15) is 15.3 Å². The summed E-state index contributed by atoms with van der Waals surface area (Å²) >= 11 is 0. The Kier molecular flexibility index (Phi) is 9.68. The summed E-state index contributed by atoms with van der Waals surface area (Å²) in [6.45, 7) is 15.7. The number of allylic oxidation sites excluding steroid dienone is 3. The smallest absolute Gasteiger partial charge is 0.0811 e. The van der Waals surface area contributed by atoms with Gasteiger partial charge in [0.05, 0.1) is 18.3 Å². The first-order valence-electron chi connectivity index (χ1n) is 14.2. The largest absolute Gasteiger partial charge is 0.393 e. The number of aliphatic hydroxyl groups is 3.